The molecule has 1 saturated carbocycles. The molecule has 2 rings (SSSR count). The molecule has 4 nitrogen and oxygen atoms in total. The van der Waals surface area contributed by atoms with Crippen LogP contribution in [0.4, 0.5) is 0 Å². The Labute approximate surface area is 128 Å². The van der Waals surface area contributed by atoms with Crippen LogP contribution in [0.3, 0.4) is 0 Å². The number of aromatic nitrogens is 1. The Bertz CT molecular complexity index is 451. The largest absolute Gasteiger partial charge is 0.487 e. The van der Waals surface area contributed by atoms with Crippen molar-refractivity contribution in [1.29, 1.82) is 0 Å². The van der Waals surface area contributed by atoms with E-state index in [2.05, 4.69) is 31.1 Å². The van der Waals surface area contributed by atoms with Crippen molar-refractivity contribution in [3.63, 3.8) is 0 Å². The molecule has 21 heavy (non-hydrogen) atoms. The average molecular weight is 292 g/mol. The van der Waals surface area contributed by atoms with E-state index in [0.717, 1.165) is 18.6 Å². The number of nitrogens with one attached hydrogen (secondary N) is 1. The number of nitrogens with zero attached hydrogens (tertiary/aromatic N) is 1. The topological polar surface area (TPSA) is 43.4 Å². The van der Waals surface area contributed by atoms with Crippen LogP contribution in [-0.2, 0) is 0 Å². The summed E-state index contributed by atoms with van der Waals surface area (Å²) >= 11 is 0. The molecule has 0 bridgehead atoms. The summed E-state index contributed by atoms with van der Waals surface area (Å²) in [6.45, 7) is 12.6. The number of ether oxygens (including phenoxy) is 2. The van der Waals surface area contributed by atoms with Crippen LogP contribution >= 0.6 is 0 Å². The lowest BCUT2D eigenvalue weighted by atomic mass is 9.87. The summed E-state index contributed by atoms with van der Waals surface area (Å²) in [5.41, 5.74) is -0.0380. The minimum absolute atomic E-state index is 0.166. The van der Waals surface area contributed by atoms with Gasteiger partial charge in [0.2, 0.25) is 5.88 Å². The van der Waals surface area contributed by atoms with Gasteiger partial charge in [-0.05, 0) is 60.5 Å². The maximum Gasteiger partial charge on any atom is 0.213 e. The third-order valence-corrected chi connectivity index (χ3v) is 3.15. The van der Waals surface area contributed by atoms with Crippen LogP contribution in [0.25, 0.3) is 0 Å². The Morgan fingerprint density at radius 3 is 2.24 bits per heavy atom. The fraction of sp³-hybridized carbons (Fsp3) is 0.706. The SMILES string of the molecule is CC(C)(C)NC1CC(Oc2ccc(OC(C)(C)C)cn2)C1. The van der Waals surface area contributed by atoms with Crippen molar-refractivity contribution in [2.75, 3.05) is 0 Å². The third kappa shape index (κ3) is 5.54. The summed E-state index contributed by atoms with van der Waals surface area (Å²) in [7, 11) is 0. The molecular formula is C17H28N2O2. The van der Waals surface area contributed by atoms with E-state index in [4.69, 9.17) is 9.47 Å². The molecule has 1 aliphatic carbocycles. The molecule has 0 unspecified atom stereocenters. The molecule has 0 spiro atoms. The van der Waals surface area contributed by atoms with Crippen molar-refractivity contribution in [1.82, 2.24) is 10.3 Å². The second kappa shape index (κ2) is 5.84. The Morgan fingerprint density at radius 1 is 1.10 bits per heavy atom. The number of hydrogen-bond acceptors (Lipinski definition) is 4. The van der Waals surface area contributed by atoms with Gasteiger partial charge in [0.1, 0.15) is 17.5 Å². The van der Waals surface area contributed by atoms with Gasteiger partial charge in [-0.15, -0.1) is 0 Å². The number of hydrogen-bond donors (Lipinski definition) is 1. The van der Waals surface area contributed by atoms with Gasteiger partial charge in [-0.2, -0.15) is 0 Å². The Balaban J connectivity index is 1.78. The van der Waals surface area contributed by atoms with E-state index in [0.29, 0.717) is 11.9 Å². The second-order valence-electron chi connectivity index (χ2n) is 7.85. The first-order valence-corrected chi connectivity index (χ1v) is 7.70. The first-order valence-electron chi connectivity index (χ1n) is 7.70. The molecule has 1 N–H and O–H groups in total. The lowest BCUT2D eigenvalue weighted by Crippen LogP contribution is -2.53. The summed E-state index contributed by atoms with van der Waals surface area (Å²) in [4.78, 5) is 4.32. The highest BCUT2D eigenvalue weighted by atomic mass is 16.5. The summed E-state index contributed by atoms with van der Waals surface area (Å²) in [5.74, 6) is 1.45. The molecular weight excluding hydrogens is 264 g/mol. The van der Waals surface area contributed by atoms with Crippen molar-refractivity contribution in [2.45, 2.75) is 77.7 Å². The Hall–Kier alpha value is -1.29. The molecule has 0 aromatic carbocycles. The zero-order valence-corrected chi connectivity index (χ0v) is 14.1. The van der Waals surface area contributed by atoms with Crippen LogP contribution in [0.5, 0.6) is 11.6 Å². The predicted molar refractivity (Wildman–Crippen MR) is 84.9 cm³/mol. The van der Waals surface area contributed by atoms with Crippen molar-refractivity contribution in [3.05, 3.63) is 18.3 Å². The highest BCUT2D eigenvalue weighted by molar-refractivity contribution is 5.23. The maximum atomic E-state index is 5.87. The van der Waals surface area contributed by atoms with Gasteiger partial charge >= 0.3 is 0 Å². The molecule has 1 aromatic heterocycles. The van der Waals surface area contributed by atoms with E-state index < -0.39 is 0 Å². The zero-order chi connectivity index (χ0) is 15.7. The van der Waals surface area contributed by atoms with E-state index in [1.807, 2.05) is 32.9 Å². The van der Waals surface area contributed by atoms with Crippen molar-refractivity contribution in [2.24, 2.45) is 0 Å². The second-order valence-corrected chi connectivity index (χ2v) is 7.85. The molecule has 0 saturated heterocycles. The van der Waals surface area contributed by atoms with Gasteiger partial charge < -0.3 is 14.8 Å². The van der Waals surface area contributed by atoms with E-state index in [-0.39, 0.29) is 17.2 Å². The monoisotopic (exact) mass is 292 g/mol. The molecule has 4 heteroatoms. The van der Waals surface area contributed by atoms with Crippen LogP contribution in [-0.4, -0.2) is 28.3 Å². The van der Waals surface area contributed by atoms with Crippen molar-refractivity contribution in [3.8, 4) is 11.6 Å². The van der Waals surface area contributed by atoms with Gasteiger partial charge in [-0.3, -0.25) is 0 Å². The molecule has 1 aliphatic rings. The van der Waals surface area contributed by atoms with E-state index in [1.54, 1.807) is 6.20 Å². The van der Waals surface area contributed by atoms with Gasteiger partial charge in [0.05, 0.1) is 6.20 Å². The molecule has 0 radical (unpaired) electrons. The summed E-state index contributed by atoms with van der Waals surface area (Å²) in [6, 6.07) is 4.35. The van der Waals surface area contributed by atoms with Crippen LogP contribution in [0.1, 0.15) is 54.4 Å². The van der Waals surface area contributed by atoms with Crippen LogP contribution in [0.2, 0.25) is 0 Å². The van der Waals surface area contributed by atoms with Gasteiger partial charge in [0.25, 0.3) is 0 Å². The molecule has 0 amide bonds. The minimum Gasteiger partial charge on any atom is -0.487 e. The van der Waals surface area contributed by atoms with Gasteiger partial charge in [-0.1, -0.05) is 0 Å². The van der Waals surface area contributed by atoms with Gasteiger partial charge in [-0.25, -0.2) is 4.98 Å². The summed E-state index contributed by atoms with van der Waals surface area (Å²) in [5, 5.41) is 3.59. The van der Waals surface area contributed by atoms with Crippen molar-refractivity contribution < 1.29 is 9.47 Å². The first kappa shape index (κ1) is 16.1. The fourth-order valence-electron chi connectivity index (χ4n) is 2.41. The number of pyridine rings is 1. The predicted octanol–water partition coefficient (Wildman–Crippen LogP) is 3.56. The standard InChI is InChI=1S/C17H28N2O2/c1-16(2,3)19-12-9-14(10-12)20-15-8-7-13(11-18-15)21-17(4,5)6/h7-8,11-12,14,19H,9-10H2,1-6H3. The average Bonchev–Trinajstić information content (AvgIpc) is 2.25. The Kier molecular flexibility index (Phi) is 4.47. The van der Waals surface area contributed by atoms with Gasteiger partial charge in [0.15, 0.2) is 0 Å². The van der Waals surface area contributed by atoms with Crippen LogP contribution in [0, 0.1) is 0 Å². The molecule has 1 fully saturated rings. The molecule has 0 atom stereocenters. The highest BCUT2D eigenvalue weighted by Crippen LogP contribution is 2.27. The number of rotatable bonds is 4. The molecule has 118 valence electrons. The van der Waals surface area contributed by atoms with E-state index in [1.165, 1.54) is 0 Å². The normalized spacial score (nSPS) is 22.6. The molecule has 0 aliphatic heterocycles. The summed E-state index contributed by atoms with van der Waals surface area (Å²) in [6.07, 6.45) is 4.08. The lowest BCUT2D eigenvalue weighted by Gasteiger charge is -2.39. The Morgan fingerprint density at radius 2 is 1.76 bits per heavy atom. The first-order chi connectivity index (χ1) is 9.61. The maximum absolute atomic E-state index is 5.87. The molecule has 1 aromatic rings. The van der Waals surface area contributed by atoms with E-state index in [9.17, 15) is 0 Å². The lowest BCUT2D eigenvalue weighted by molar-refractivity contribution is 0.0689. The van der Waals surface area contributed by atoms with E-state index >= 15 is 0 Å². The quantitative estimate of drug-likeness (QED) is 0.921. The highest BCUT2D eigenvalue weighted by Gasteiger charge is 2.33. The minimum atomic E-state index is -0.204. The fourth-order valence-corrected chi connectivity index (χ4v) is 2.41. The van der Waals surface area contributed by atoms with Crippen molar-refractivity contribution >= 4 is 0 Å². The zero-order valence-electron chi connectivity index (χ0n) is 14.1. The van der Waals surface area contributed by atoms with Gasteiger partial charge in [0, 0.05) is 17.6 Å². The third-order valence-electron chi connectivity index (χ3n) is 3.15. The van der Waals surface area contributed by atoms with Crippen LogP contribution < -0.4 is 14.8 Å². The smallest absolute Gasteiger partial charge is 0.213 e. The molecule has 1 heterocycles. The summed E-state index contributed by atoms with van der Waals surface area (Å²) < 4.78 is 11.6. The van der Waals surface area contributed by atoms with Crippen LogP contribution in [0.15, 0.2) is 18.3 Å².